The summed E-state index contributed by atoms with van der Waals surface area (Å²) < 4.78 is 5.28. The van der Waals surface area contributed by atoms with Crippen LogP contribution in [0.5, 0.6) is 0 Å². The summed E-state index contributed by atoms with van der Waals surface area (Å²) in [7, 11) is 0. The quantitative estimate of drug-likeness (QED) is 0.719. The van der Waals surface area contributed by atoms with Crippen LogP contribution in [0.25, 0.3) is 0 Å². The number of anilines is 2. The molecule has 2 aliphatic heterocycles. The monoisotopic (exact) mass is 413 g/mol. The van der Waals surface area contributed by atoms with Crippen molar-refractivity contribution < 1.29 is 19.1 Å². The fourth-order valence-electron chi connectivity index (χ4n) is 3.49. The summed E-state index contributed by atoms with van der Waals surface area (Å²) in [6.07, 6.45) is 3.99. The highest BCUT2D eigenvalue weighted by molar-refractivity contribution is 5.91. The zero-order chi connectivity index (χ0) is 21.1. The molecule has 0 saturated carbocycles. The molecule has 4 heterocycles. The number of imidazole rings is 1. The van der Waals surface area contributed by atoms with Crippen molar-refractivity contribution in [2.75, 3.05) is 49.1 Å². The molecule has 0 aromatic carbocycles. The number of pyridine rings is 1. The van der Waals surface area contributed by atoms with Crippen LogP contribution in [0.1, 0.15) is 17.5 Å². The van der Waals surface area contributed by atoms with Crippen LogP contribution in [0.3, 0.4) is 0 Å². The minimum absolute atomic E-state index is 0.107. The van der Waals surface area contributed by atoms with E-state index in [0.29, 0.717) is 44.2 Å². The average molecular weight is 413 g/mol. The molecule has 0 unspecified atom stereocenters. The lowest BCUT2D eigenvalue weighted by Crippen LogP contribution is -2.49. The van der Waals surface area contributed by atoms with Gasteiger partial charge in [0, 0.05) is 45.5 Å². The lowest BCUT2D eigenvalue weighted by Gasteiger charge is -2.35. The Balaban J connectivity index is 1.33. The number of nitrogens with zero attached hydrogens (tertiary/aromatic N) is 5. The second-order valence-corrected chi connectivity index (χ2v) is 7.15. The normalized spacial score (nSPS) is 19.0. The van der Waals surface area contributed by atoms with Crippen LogP contribution in [0, 0.1) is 0 Å². The Bertz CT molecular complexity index is 907. The summed E-state index contributed by atoms with van der Waals surface area (Å²) in [5, 5.41) is 2.65. The Kier molecular flexibility index (Phi) is 5.50. The lowest BCUT2D eigenvalue weighted by molar-refractivity contribution is -0.119. The zero-order valence-electron chi connectivity index (χ0n) is 16.6. The van der Waals surface area contributed by atoms with Gasteiger partial charge in [0.05, 0.1) is 25.0 Å². The van der Waals surface area contributed by atoms with Gasteiger partial charge in [-0.05, 0) is 12.1 Å². The maximum Gasteiger partial charge on any atom is 0.414 e. The fraction of sp³-hybridized carbons (Fsp3) is 0.421. The molecule has 2 aromatic heterocycles. The fourth-order valence-corrected chi connectivity index (χ4v) is 3.49. The van der Waals surface area contributed by atoms with Crippen molar-refractivity contribution in [1.29, 1.82) is 0 Å². The molecule has 0 bridgehead atoms. The van der Waals surface area contributed by atoms with Crippen LogP contribution in [0.15, 0.2) is 30.7 Å². The van der Waals surface area contributed by atoms with Gasteiger partial charge in [0.15, 0.2) is 5.82 Å². The van der Waals surface area contributed by atoms with E-state index in [1.165, 1.54) is 11.8 Å². The number of hydrogen-bond donors (Lipinski definition) is 2. The van der Waals surface area contributed by atoms with Crippen molar-refractivity contribution in [3.63, 3.8) is 0 Å². The molecular formula is C19H23N7O4. The van der Waals surface area contributed by atoms with Crippen molar-refractivity contribution in [3.8, 4) is 0 Å². The predicted molar refractivity (Wildman–Crippen MR) is 107 cm³/mol. The minimum atomic E-state index is -0.454. The molecule has 0 aliphatic carbocycles. The van der Waals surface area contributed by atoms with Crippen LogP contribution in [0.4, 0.5) is 16.3 Å². The van der Waals surface area contributed by atoms with E-state index >= 15 is 0 Å². The van der Waals surface area contributed by atoms with E-state index in [9.17, 15) is 14.4 Å². The van der Waals surface area contributed by atoms with Crippen LogP contribution >= 0.6 is 0 Å². The zero-order valence-corrected chi connectivity index (χ0v) is 16.6. The summed E-state index contributed by atoms with van der Waals surface area (Å²) in [5.74, 6) is 0.859. The Morgan fingerprint density at radius 3 is 2.67 bits per heavy atom. The Hall–Kier alpha value is -3.63. The van der Waals surface area contributed by atoms with Gasteiger partial charge in [-0.25, -0.2) is 14.8 Å². The van der Waals surface area contributed by atoms with Crippen molar-refractivity contribution >= 4 is 29.4 Å². The number of aromatic amines is 1. The van der Waals surface area contributed by atoms with Crippen molar-refractivity contribution in [1.82, 2.24) is 25.2 Å². The van der Waals surface area contributed by atoms with Gasteiger partial charge in [-0.1, -0.05) is 0 Å². The molecule has 158 valence electrons. The van der Waals surface area contributed by atoms with Gasteiger partial charge < -0.3 is 24.8 Å². The summed E-state index contributed by atoms with van der Waals surface area (Å²) in [4.78, 5) is 52.2. The predicted octanol–water partition coefficient (Wildman–Crippen LogP) is 0.228. The van der Waals surface area contributed by atoms with E-state index in [2.05, 4.69) is 25.2 Å². The van der Waals surface area contributed by atoms with Gasteiger partial charge in [-0.2, -0.15) is 0 Å². The number of rotatable bonds is 5. The van der Waals surface area contributed by atoms with Crippen molar-refractivity contribution in [2.24, 2.45) is 0 Å². The number of nitrogens with one attached hydrogen (secondary N) is 2. The standard InChI is InChI=1S/C19H23N7O4/c1-13(27)22-11-15-12-26(19(29)30-15)14-2-3-16(23-10-14)24-6-8-25(9-7-24)18(28)17-20-4-5-21-17/h2-5,10,15H,6-9,11-12H2,1H3,(H,20,21)(H,22,27)/t15-/m0/s1. The number of carbonyl (C=O) groups is 3. The molecule has 30 heavy (non-hydrogen) atoms. The molecule has 11 nitrogen and oxygen atoms in total. The third kappa shape index (κ3) is 4.19. The summed E-state index contributed by atoms with van der Waals surface area (Å²) in [6.45, 7) is 4.52. The summed E-state index contributed by atoms with van der Waals surface area (Å²) in [6, 6.07) is 3.68. The number of carbonyl (C=O) groups excluding carboxylic acids is 3. The third-order valence-corrected chi connectivity index (χ3v) is 5.09. The molecule has 11 heteroatoms. The number of ether oxygens (including phenoxy) is 1. The largest absolute Gasteiger partial charge is 0.442 e. The second kappa shape index (κ2) is 8.39. The second-order valence-electron chi connectivity index (χ2n) is 7.15. The van der Waals surface area contributed by atoms with Gasteiger partial charge in [0.25, 0.3) is 5.91 Å². The Morgan fingerprint density at radius 2 is 2.03 bits per heavy atom. The Labute approximate surface area is 173 Å². The first kappa shape index (κ1) is 19.7. The number of cyclic esters (lactones) is 1. The van der Waals surface area contributed by atoms with Crippen LogP contribution in [-0.4, -0.2) is 83.1 Å². The van der Waals surface area contributed by atoms with Gasteiger partial charge in [0.2, 0.25) is 5.91 Å². The number of aromatic nitrogens is 3. The molecule has 0 spiro atoms. The first-order chi connectivity index (χ1) is 14.5. The van der Waals surface area contributed by atoms with E-state index in [-0.39, 0.29) is 24.5 Å². The number of amides is 3. The highest BCUT2D eigenvalue weighted by atomic mass is 16.6. The maximum absolute atomic E-state index is 12.4. The van der Waals surface area contributed by atoms with Crippen LogP contribution in [0.2, 0.25) is 0 Å². The third-order valence-electron chi connectivity index (χ3n) is 5.09. The number of piperazine rings is 1. The maximum atomic E-state index is 12.4. The smallest absolute Gasteiger partial charge is 0.414 e. The Morgan fingerprint density at radius 1 is 1.23 bits per heavy atom. The van der Waals surface area contributed by atoms with E-state index in [4.69, 9.17) is 4.74 Å². The molecule has 4 rings (SSSR count). The molecule has 2 fully saturated rings. The molecular weight excluding hydrogens is 390 g/mol. The SMILES string of the molecule is CC(=O)NC[C@H]1CN(c2ccc(N3CCN(C(=O)c4ncc[nH]4)CC3)nc2)C(=O)O1. The van der Waals surface area contributed by atoms with Crippen LogP contribution < -0.4 is 15.1 Å². The minimum Gasteiger partial charge on any atom is -0.442 e. The first-order valence-electron chi connectivity index (χ1n) is 9.73. The van der Waals surface area contributed by atoms with Gasteiger partial charge in [-0.3, -0.25) is 14.5 Å². The first-order valence-corrected chi connectivity index (χ1v) is 9.73. The molecule has 2 aromatic rings. The van der Waals surface area contributed by atoms with E-state index in [1.54, 1.807) is 23.5 Å². The molecule has 0 radical (unpaired) electrons. The molecule has 2 saturated heterocycles. The highest BCUT2D eigenvalue weighted by Gasteiger charge is 2.32. The number of H-pyrrole nitrogens is 1. The van der Waals surface area contributed by atoms with Crippen molar-refractivity contribution in [3.05, 3.63) is 36.5 Å². The van der Waals surface area contributed by atoms with Gasteiger partial charge in [0.1, 0.15) is 11.9 Å². The van der Waals surface area contributed by atoms with E-state index < -0.39 is 6.09 Å². The van der Waals surface area contributed by atoms with E-state index in [1.807, 2.05) is 12.1 Å². The highest BCUT2D eigenvalue weighted by Crippen LogP contribution is 2.23. The molecule has 3 amide bonds. The molecule has 1 atom stereocenters. The van der Waals surface area contributed by atoms with Crippen molar-refractivity contribution in [2.45, 2.75) is 13.0 Å². The topological polar surface area (TPSA) is 124 Å². The average Bonchev–Trinajstić information content (AvgIpc) is 3.42. The van der Waals surface area contributed by atoms with E-state index in [0.717, 1.165) is 5.82 Å². The van der Waals surface area contributed by atoms with Gasteiger partial charge >= 0.3 is 6.09 Å². The number of hydrogen-bond acceptors (Lipinski definition) is 7. The molecule has 2 N–H and O–H groups in total. The summed E-state index contributed by atoms with van der Waals surface area (Å²) in [5.41, 5.74) is 0.640. The van der Waals surface area contributed by atoms with Crippen LogP contribution in [-0.2, 0) is 9.53 Å². The van der Waals surface area contributed by atoms with Gasteiger partial charge in [-0.15, -0.1) is 0 Å². The lowest BCUT2D eigenvalue weighted by atomic mass is 10.2. The molecule has 2 aliphatic rings. The summed E-state index contributed by atoms with van der Waals surface area (Å²) >= 11 is 0.